The van der Waals surface area contributed by atoms with Gasteiger partial charge in [0.2, 0.25) is 5.95 Å². The van der Waals surface area contributed by atoms with E-state index < -0.39 is 21.8 Å². The Morgan fingerprint density at radius 2 is 1.97 bits per heavy atom. The van der Waals surface area contributed by atoms with Gasteiger partial charge in [0, 0.05) is 37.2 Å². The highest BCUT2D eigenvalue weighted by atomic mass is 32.2. The van der Waals surface area contributed by atoms with Crippen molar-refractivity contribution in [3.63, 3.8) is 0 Å². The molecule has 0 spiro atoms. The summed E-state index contributed by atoms with van der Waals surface area (Å²) in [5, 5.41) is 13.0. The lowest BCUT2D eigenvalue weighted by molar-refractivity contribution is 0.140. The molecule has 0 fully saturated rings. The minimum absolute atomic E-state index is 0.00188. The van der Waals surface area contributed by atoms with Crippen LogP contribution in [0.25, 0.3) is 11.1 Å². The number of rotatable bonds is 5. The average molecular weight is 445 g/mol. The topological polar surface area (TPSA) is 111 Å². The number of halogens is 1. The highest BCUT2D eigenvalue weighted by Gasteiger charge is 2.27. The maximum Gasteiger partial charge on any atom is 0.262 e. The van der Waals surface area contributed by atoms with Crippen molar-refractivity contribution in [2.24, 2.45) is 7.05 Å². The van der Waals surface area contributed by atoms with E-state index in [9.17, 15) is 22.7 Å². The molecule has 2 heterocycles. The number of benzene rings is 2. The van der Waals surface area contributed by atoms with Crippen LogP contribution in [0.2, 0.25) is 0 Å². The molecular weight excluding hydrogens is 425 g/mol. The van der Waals surface area contributed by atoms with Crippen LogP contribution in [0.1, 0.15) is 17.2 Å². The van der Waals surface area contributed by atoms with Crippen LogP contribution in [0.3, 0.4) is 0 Å². The summed E-state index contributed by atoms with van der Waals surface area (Å²) in [6.45, 7) is 0.0629. The molecule has 10 heteroatoms. The molecule has 0 radical (unpaired) electrons. The summed E-state index contributed by atoms with van der Waals surface area (Å²) in [4.78, 5) is 17.2. The zero-order chi connectivity index (χ0) is 22.3. The van der Waals surface area contributed by atoms with Crippen LogP contribution in [0, 0.1) is 5.82 Å². The van der Waals surface area contributed by atoms with Crippen molar-refractivity contribution in [3.8, 4) is 16.9 Å². The number of sulfone groups is 1. The van der Waals surface area contributed by atoms with Crippen molar-refractivity contribution in [1.29, 1.82) is 0 Å². The summed E-state index contributed by atoms with van der Waals surface area (Å²) in [6.07, 6.45) is 1.57. The Balaban J connectivity index is 1.61. The normalized spacial score (nSPS) is 15.4. The van der Waals surface area contributed by atoms with E-state index in [0.717, 1.165) is 6.26 Å². The van der Waals surface area contributed by atoms with E-state index in [2.05, 4.69) is 10.3 Å². The summed E-state index contributed by atoms with van der Waals surface area (Å²) in [5.74, 6) is 0.149. The van der Waals surface area contributed by atoms with Gasteiger partial charge in [0.05, 0.1) is 10.5 Å². The number of hydrogen-bond acceptors (Lipinski definition) is 7. The molecule has 1 atom stereocenters. The molecule has 1 unspecified atom stereocenters. The van der Waals surface area contributed by atoms with Crippen LogP contribution >= 0.6 is 0 Å². The van der Waals surface area contributed by atoms with Gasteiger partial charge in [-0.25, -0.2) is 17.8 Å². The lowest BCUT2D eigenvalue weighted by Crippen LogP contribution is -2.23. The average Bonchev–Trinajstić information content (AvgIpc) is 3.11. The van der Waals surface area contributed by atoms with Crippen molar-refractivity contribution in [3.05, 3.63) is 69.9 Å². The number of nitrogens with zero attached hydrogens (tertiary/aromatic N) is 2. The first-order chi connectivity index (χ1) is 14.7. The molecule has 1 aliphatic rings. The lowest BCUT2D eigenvalue weighted by Gasteiger charge is -2.14. The fourth-order valence-corrected chi connectivity index (χ4v) is 4.13. The van der Waals surface area contributed by atoms with E-state index >= 15 is 0 Å². The second-order valence-electron chi connectivity index (χ2n) is 7.27. The Kier molecular flexibility index (Phi) is 5.28. The first-order valence-corrected chi connectivity index (χ1v) is 11.3. The summed E-state index contributed by atoms with van der Waals surface area (Å²) < 4.78 is 44.2. The van der Waals surface area contributed by atoms with Crippen molar-refractivity contribution in [1.82, 2.24) is 9.55 Å². The molecule has 8 nitrogen and oxygen atoms in total. The largest absolute Gasteiger partial charge is 0.490 e. The molecular formula is C21H20FN3O5S. The predicted octanol–water partition coefficient (Wildman–Crippen LogP) is 2.03. The number of anilines is 1. The smallest absolute Gasteiger partial charge is 0.262 e. The van der Waals surface area contributed by atoms with Crippen molar-refractivity contribution < 1.29 is 22.7 Å². The molecule has 0 aliphatic carbocycles. The highest BCUT2D eigenvalue weighted by Crippen LogP contribution is 2.36. The maximum atomic E-state index is 14.4. The summed E-state index contributed by atoms with van der Waals surface area (Å²) in [5.41, 5.74) is 1.10. The number of hydrogen-bond donors (Lipinski definition) is 2. The zero-order valence-electron chi connectivity index (χ0n) is 16.8. The van der Waals surface area contributed by atoms with Crippen LogP contribution in [-0.2, 0) is 23.4 Å². The molecule has 3 aromatic rings. The Hall–Kier alpha value is -3.24. The van der Waals surface area contributed by atoms with E-state index in [1.807, 2.05) is 0 Å². The van der Waals surface area contributed by atoms with Crippen LogP contribution in [-0.4, -0.2) is 35.9 Å². The minimum Gasteiger partial charge on any atom is -0.490 e. The predicted molar refractivity (Wildman–Crippen MR) is 112 cm³/mol. The van der Waals surface area contributed by atoms with Crippen LogP contribution in [0.15, 0.2) is 52.3 Å². The van der Waals surface area contributed by atoms with Gasteiger partial charge >= 0.3 is 0 Å². The molecule has 2 aromatic carbocycles. The molecule has 162 valence electrons. The number of fused-ring (bicyclic) bond motifs is 1. The Bertz CT molecular complexity index is 1320. The molecule has 0 saturated carbocycles. The molecule has 0 amide bonds. The Labute approximate surface area is 177 Å². The maximum absolute atomic E-state index is 14.4. The van der Waals surface area contributed by atoms with Gasteiger partial charge in [0.25, 0.3) is 5.56 Å². The van der Waals surface area contributed by atoms with Crippen molar-refractivity contribution in [2.75, 3.05) is 18.2 Å². The summed E-state index contributed by atoms with van der Waals surface area (Å²) in [6, 6.07) is 8.70. The lowest BCUT2D eigenvalue weighted by atomic mass is 10.0. The highest BCUT2D eigenvalue weighted by molar-refractivity contribution is 7.90. The van der Waals surface area contributed by atoms with E-state index in [0.29, 0.717) is 22.4 Å². The quantitative estimate of drug-likeness (QED) is 0.618. The van der Waals surface area contributed by atoms with Gasteiger partial charge in [0.1, 0.15) is 24.3 Å². The number of aliphatic hydroxyl groups is 1. The monoisotopic (exact) mass is 445 g/mol. The first-order valence-electron chi connectivity index (χ1n) is 9.39. The van der Waals surface area contributed by atoms with Crippen LogP contribution < -0.4 is 15.6 Å². The molecule has 31 heavy (non-hydrogen) atoms. The Morgan fingerprint density at radius 3 is 2.65 bits per heavy atom. The van der Waals surface area contributed by atoms with Gasteiger partial charge in [-0.1, -0.05) is 12.1 Å². The number of ether oxygens (including phenoxy) is 1. The molecule has 1 aliphatic heterocycles. The molecule has 0 bridgehead atoms. The molecule has 4 rings (SSSR count). The second-order valence-corrected chi connectivity index (χ2v) is 9.29. The van der Waals surface area contributed by atoms with E-state index in [4.69, 9.17) is 4.74 Å². The third-order valence-corrected chi connectivity index (χ3v) is 6.30. The van der Waals surface area contributed by atoms with Gasteiger partial charge in [-0.2, -0.15) is 0 Å². The molecule has 1 aromatic heterocycles. The van der Waals surface area contributed by atoms with Crippen LogP contribution in [0.4, 0.5) is 10.3 Å². The molecule has 0 saturated heterocycles. The zero-order valence-corrected chi connectivity index (χ0v) is 17.6. The third kappa shape index (κ3) is 3.91. The van der Waals surface area contributed by atoms with Gasteiger partial charge in [-0.3, -0.25) is 9.36 Å². The number of nitrogens with one attached hydrogen (secondary N) is 1. The Morgan fingerprint density at radius 1 is 1.26 bits per heavy atom. The fourth-order valence-electron chi connectivity index (χ4n) is 3.50. The number of aromatic nitrogens is 2. The van der Waals surface area contributed by atoms with Gasteiger partial charge < -0.3 is 15.2 Å². The fraction of sp³-hybridized carbons (Fsp3) is 0.238. The second kappa shape index (κ2) is 7.78. The van der Waals surface area contributed by atoms with Gasteiger partial charge in [-0.05, 0) is 29.8 Å². The summed E-state index contributed by atoms with van der Waals surface area (Å²) >= 11 is 0. The van der Waals surface area contributed by atoms with Crippen molar-refractivity contribution in [2.45, 2.75) is 17.5 Å². The first kappa shape index (κ1) is 21.0. The van der Waals surface area contributed by atoms with Crippen molar-refractivity contribution >= 4 is 15.8 Å². The van der Waals surface area contributed by atoms with E-state index in [1.54, 1.807) is 12.1 Å². The number of aliphatic hydroxyl groups excluding tert-OH is 1. The van der Waals surface area contributed by atoms with Gasteiger partial charge in [0.15, 0.2) is 9.84 Å². The van der Waals surface area contributed by atoms with Crippen LogP contribution in [0.5, 0.6) is 5.75 Å². The molecule has 2 N–H and O–H groups in total. The SMILES string of the molecule is Cn1c(NCc2c(F)ccc3c2C(O)CO3)ncc(-c2ccc(S(C)(=O)=O)cc2)c1=O. The van der Waals surface area contributed by atoms with E-state index in [-0.39, 0.29) is 35.1 Å². The summed E-state index contributed by atoms with van der Waals surface area (Å²) in [7, 11) is -1.82. The van der Waals surface area contributed by atoms with Gasteiger partial charge in [-0.15, -0.1) is 0 Å². The minimum atomic E-state index is -3.34. The standard InChI is InChI=1S/C21H20FN3O5S/c1-25-20(27)14(12-3-5-13(6-4-12)31(2,28)29)9-23-21(25)24-10-15-16(22)7-8-18-19(15)17(26)11-30-18/h3-9,17,26H,10-11H2,1-2H3,(H,23,24). The van der Waals surface area contributed by atoms with E-state index in [1.165, 1.54) is 42.1 Å². The third-order valence-electron chi connectivity index (χ3n) is 5.18.